The van der Waals surface area contributed by atoms with Crippen LogP contribution in [0.25, 0.3) is 11.1 Å². The van der Waals surface area contributed by atoms with E-state index in [9.17, 15) is 18.3 Å². The largest absolute Gasteiger partial charge is 0.497 e. The Morgan fingerprint density at radius 2 is 1.53 bits per heavy atom. The minimum absolute atomic E-state index is 0.0269. The Bertz CT molecular complexity index is 1160. The van der Waals surface area contributed by atoms with Gasteiger partial charge in [0, 0.05) is 5.92 Å². The van der Waals surface area contributed by atoms with Gasteiger partial charge in [0.1, 0.15) is 11.3 Å². The maximum absolute atomic E-state index is 12.9. The number of hydrogen-bond acceptors (Lipinski definition) is 4. The SMILES string of the molecule is COc1ccc(-c2ccc(S(=O)(=O)N[C@]3(C(=O)O)C[C@H]3c3ccccc3)cc2)cc1. The van der Waals surface area contributed by atoms with Crippen molar-refractivity contribution in [3.05, 3.63) is 84.4 Å². The molecule has 1 aliphatic carbocycles. The number of methoxy groups -OCH3 is 1. The van der Waals surface area contributed by atoms with Crippen LogP contribution in [0.5, 0.6) is 5.75 Å². The second kappa shape index (κ2) is 7.59. The molecule has 1 saturated carbocycles. The fourth-order valence-corrected chi connectivity index (χ4v) is 5.06. The van der Waals surface area contributed by atoms with Gasteiger partial charge in [-0.1, -0.05) is 54.6 Å². The Hall–Kier alpha value is -3.16. The first-order valence-electron chi connectivity index (χ1n) is 9.42. The highest BCUT2D eigenvalue weighted by Gasteiger charge is 2.63. The van der Waals surface area contributed by atoms with Gasteiger partial charge in [-0.15, -0.1) is 0 Å². The Morgan fingerprint density at radius 1 is 0.967 bits per heavy atom. The van der Waals surface area contributed by atoms with Gasteiger partial charge in [0.15, 0.2) is 0 Å². The van der Waals surface area contributed by atoms with E-state index in [1.54, 1.807) is 19.2 Å². The van der Waals surface area contributed by atoms with E-state index in [-0.39, 0.29) is 11.3 Å². The standard InChI is InChI=1S/C23H21NO5S/c1-29-19-11-7-16(8-12-19)17-9-13-20(14-10-17)30(27,28)24-23(22(25)26)15-21(23)18-5-3-2-4-6-18/h2-14,21,24H,15H2,1H3,(H,25,26)/t21-,23+/m0/s1. The highest BCUT2D eigenvalue weighted by atomic mass is 32.2. The lowest BCUT2D eigenvalue weighted by molar-refractivity contribution is -0.140. The molecule has 154 valence electrons. The van der Waals surface area contributed by atoms with E-state index in [4.69, 9.17) is 4.74 Å². The maximum atomic E-state index is 12.9. The lowest BCUT2D eigenvalue weighted by Gasteiger charge is -2.16. The Kier molecular flexibility index (Phi) is 5.09. The third kappa shape index (κ3) is 3.69. The molecule has 6 nitrogen and oxygen atoms in total. The van der Waals surface area contributed by atoms with Crippen LogP contribution in [-0.4, -0.2) is 32.1 Å². The summed E-state index contributed by atoms with van der Waals surface area (Å²) in [6, 6.07) is 22.9. The highest BCUT2D eigenvalue weighted by Crippen LogP contribution is 2.52. The molecule has 0 amide bonds. The van der Waals surface area contributed by atoms with Gasteiger partial charge in [-0.05, 0) is 47.4 Å². The van der Waals surface area contributed by atoms with E-state index in [0.717, 1.165) is 22.4 Å². The molecule has 0 bridgehead atoms. The summed E-state index contributed by atoms with van der Waals surface area (Å²) in [6.07, 6.45) is 0.218. The number of sulfonamides is 1. The summed E-state index contributed by atoms with van der Waals surface area (Å²) in [6.45, 7) is 0. The van der Waals surface area contributed by atoms with E-state index >= 15 is 0 Å². The number of carbonyl (C=O) groups is 1. The van der Waals surface area contributed by atoms with Gasteiger partial charge < -0.3 is 9.84 Å². The van der Waals surface area contributed by atoms with Crippen LogP contribution in [-0.2, 0) is 14.8 Å². The third-order valence-electron chi connectivity index (χ3n) is 5.45. The average Bonchev–Trinajstić information content (AvgIpc) is 3.49. The molecule has 30 heavy (non-hydrogen) atoms. The fourth-order valence-electron chi connectivity index (χ4n) is 3.65. The number of hydrogen-bond donors (Lipinski definition) is 2. The molecular formula is C23H21NO5S. The number of ether oxygens (including phenoxy) is 1. The van der Waals surface area contributed by atoms with Crippen molar-refractivity contribution >= 4 is 16.0 Å². The summed E-state index contributed by atoms with van der Waals surface area (Å²) in [5.41, 5.74) is 1.05. The quantitative estimate of drug-likeness (QED) is 0.605. The maximum Gasteiger partial charge on any atom is 0.325 e. The van der Waals surface area contributed by atoms with Gasteiger partial charge in [0.25, 0.3) is 0 Å². The van der Waals surface area contributed by atoms with Gasteiger partial charge in [0.05, 0.1) is 12.0 Å². The molecule has 0 aliphatic heterocycles. The van der Waals surface area contributed by atoms with Gasteiger partial charge in [0.2, 0.25) is 10.0 Å². The van der Waals surface area contributed by atoms with Crippen molar-refractivity contribution < 1.29 is 23.1 Å². The molecule has 7 heteroatoms. The zero-order chi connectivity index (χ0) is 21.4. The summed E-state index contributed by atoms with van der Waals surface area (Å²) >= 11 is 0. The van der Waals surface area contributed by atoms with Crippen molar-refractivity contribution in [3.63, 3.8) is 0 Å². The lowest BCUT2D eigenvalue weighted by Crippen LogP contribution is -2.44. The predicted octanol–water partition coefficient (Wildman–Crippen LogP) is 3.65. The zero-order valence-electron chi connectivity index (χ0n) is 16.3. The Balaban J connectivity index is 1.56. The molecule has 1 fully saturated rings. The number of carboxylic acids is 1. The molecule has 0 radical (unpaired) electrons. The average molecular weight is 423 g/mol. The molecule has 2 N–H and O–H groups in total. The van der Waals surface area contributed by atoms with E-state index in [0.29, 0.717) is 0 Å². The van der Waals surface area contributed by atoms with E-state index < -0.39 is 27.4 Å². The summed E-state index contributed by atoms with van der Waals surface area (Å²) in [5.74, 6) is -0.835. The van der Waals surface area contributed by atoms with Crippen molar-refractivity contribution in [2.45, 2.75) is 22.8 Å². The number of nitrogens with one attached hydrogen (secondary N) is 1. The summed E-state index contributed by atoms with van der Waals surface area (Å²) in [7, 11) is -2.41. The monoisotopic (exact) mass is 423 g/mol. The van der Waals surface area contributed by atoms with Gasteiger partial charge >= 0.3 is 5.97 Å². The van der Waals surface area contributed by atoms with Crippen molar-refractivity contribution in [2.24, 2.45) is 0 Å². The van der Waals surface area contributed by atoms with Crippen LogP contribution in [0.3, 0.4) is 0 Å². The summed E-state index contributed by atoms with van der Waals surface area (Å²) in [5, 5.41) is 9.74. The summed E-state index contributed by atoms with van der Waals surface area (Å²) < 4.78 is 33.4. The molecule has 0 spiro atoms. The van der Waals surface area contributed by atoms with Gasteiger partial charge in [-0.3, -0.25) is 4.79 Å². The minimum Gasteiger partial charge on any atom is -0.497 e. The number of benzene rings is 3. The fraction of sp³-hybridized carbons (Fsp3) is 0.174. The van der Waals surface area contributed by atoms with Crippen LogP contribution in [0.2, 0.25) is 0 Å². The molecule has 1 aliphatic rings. The molecular weight excluding hydrogens is 402 g/mol. The predicted molar refractivity (Wildman–Crippen MR) is 113 cm³/mol. The molecule has 3 aromatic carbocycles. The van der Waals surface area contributed by atoms with Gasteiger partial charge in [-0.25, -0.2) is 8.42 Å². The van der Waals surface area contributed by atoms with Crippen LogP contribution in [0.1, 0.15) is 17.9 Å². The lowest BCUT2D eigenvalue weighted by atomic mass is 10.1. The van der Waals surface area contributed by atoms with Crippen LogP contribution >= 0.6 is 0 Å². The first kappa shape index (κ1) is 20.1. The molecule has 0 aromatic heterocycles. The van der Waals surface area contributed by atoms with Crippen molar-refractivity contribution in [2.75, 3.05) is 7.11 Å². The van der Waals surface area contributed by atoms with Crippen molar-refractivity contribution in [1.82, 2.24) is 4.72 Å². The van der Waals surface area contributed by atoms with Crippen LogP contribution < -0.4 is 9.46 Å². The smallest absolute Gasteiger partial charge is 0.325 e. The molecule has 2 atom stereocenters. The van der Waals surface area contributed by atoms with Crippen molar-refractivity contribution in [1.29, 1.82) is 0 Å². The zero-order valence-corrected chi connectivity index (χ0v) is 17.1. The van der Waals surface area contributed by atoms with E-state index in [2.05, 4.69) is 4.72 Å². The number of carboxylic acid groups (broad SMARTS) is 1. The molecule has 0 heterocycles. The van der Waals surface area contributed by atoms with E-state index in [1.807, 2.05) is 54.6 Å². The highest BCUT2D eigenvalue weighted by molar-refractivity contribution is 7.89. The second-order valence-electron chi connectivity index (χ2n) is 7.30. The molecule has 0 saturated heterocycles. The van der Waals surface area contributed by atoms with Crippen LogP contribution in [0.15, 0.2) is 83.8 Å². The normalized spacial score (nSPS) is 20.5. The molecule has 3 aromatic rings. The second-order valence-corrected chi connectivity index (χ2v) is 8.98. The molecule has 4 rings (SSSR count). The first-order chi connectivity index (χ1) is 14.4. The first-order valence-corrected chi connectivity index (χ1v) is 10.9. The van der Waals surface area contributed by atoms with Crippen LogP contribution in [0, 0.1) is 0 Å². The Labute approximate surface area is 175 Å². The Morgan fingerprint density at radius 3 is 2.07 bits per heavy atom. The van der Waals surface area contributed by atoms with E-state index in [1.165, 1.54) is 12.1 Å². The minimum atomic E-state index is -4.00. The summed E-state index contributed by atoms with van der Waals surface area (Å²) in [4.78, 5) is 12.0. The van der Waals surface area contributed by atoms with Crippen molar-refractivity contribution in [3.8, 4) is 16.9 Å². The third-order valence-corrected chi connectivity index (χ3v) is 6.97. The van der Waals surface area contributed by atoms with Gasteiger partial charge in [-0.2, -0.15) is 4.72 Å². The number of aliphatic carboxylic acids is 1. The topological polar surface area (TPSA) is 92.7 Å². The molecule has 0 unspecified atom stereocenters. The number of rotatable bonds is 7. The van der Waals surface area contributed by atoms with Crippen LogP contribution in [0.4, 0.5) is 0 Å².